The van der Waals surface area contributed by atoms with Gasteiger partial charge in [0.2, 0.25) is 5.91 Å². The maximum atomic E-state index is 13.4. The van der Waals surface area contributed by atoms with E-state index in [2.05, 4.69) is 10.3 Å². The molecule has 0 saturated carbocycles. The SMILES string of the molecule is CC(=O)NS(=O)(=O)c1ccc(NCCc2c(C)nc3scc(-c4ccc(C)cc4)n3c2=O)cc1. The Kier molecular flexibility index (Phi) is 6.54. The molecule has 34 heavy (non-hydrogen) atoms. The number of aromatic nitrogens is 2. The molecule has 0 aliphatic rings. The molecule has 176 valence electrons. The van der Waals surface area contributed by atoms with Crippen LogP contribution in [0.5, 0.6) is 0 Å². The number of anilines is 1. The molecule has 0 fully saturated rings. The quantitative estimate of drug-likeness (QED) is 0.405. The van der Waals surface area contributed by atoms with Crippen molar-refractivity contribution in [1.29, 1.82) is 0 Å². The number of fused-ring (bicyclic) bond motifs is 1. The summed E-state index contributed by atoms with van der Waals surface area (Å²) in [4.78, 5) is 29.7. The van der Waals surface area contributed by atoms with Crippen molar-refractivity contribution >= 4 is 37.9 Å². The molecule has 0 atom stereocenters. The molecule has 2 N–H and O–H groups in total. The van der Waals surface area contributed by atoms with E-state index >= 15 is 0 Å². The van der Waals surface area contributed by atoms with Crippen LogP contribution in [0, 0.1) is 13.8 Å². The smallest absolute Gasteiger partial charge is 0.264 e. The van der Waals surface area contributed by atoms with Gasteiger partial charge in [-0.25, -0.2) is 18.1 Å². The molecule has 0 aliphatic heterocycles. The molecule has 2 heterocycles. The van der Waals surface area contributed by atoms with Gasteiger partial charge >= 0.3 is 0 Å². The second-order valence-corrected chi connectivity index (χ2v) is 10.5. The largest absolute Gasteiger partial charge is 0.385 e. The Labute approximate surface area is 201 Å². The Morgan fingerprint density at radius 2 is 1.74 bits per heavy atom. The number of rotatable bonds is 7. The fourth-order valence-electron chi connectivity index (χ4n) is 3.63. The van der Waals surface area contributed by atoms with Crippen molar-refractivity contribution in [3.8, 4) is 11.3 Å². The maximum absolute atomic E-state index is 13.4. The van der Waals surface area contributed by atoms with Gasteiger partial charge in [0.15, 0.2) is 4.96 Å². The molecule has 0 aliphatic carbocycles. The number of carbonyl (C=O) groups is 1. The predicted molar refractivity (Wildman–Crippen MR) is 134 cm³/mol. The Balaban J connectivity index is 1.53. The predicted octanol–water partition coefficient (Wildman–Crippen LogP) is 3.52. The molecule has 0 unspecified atom stereocenters. The van der Waals surface area contributed by atoms with Crippen LogP contribution in [0.3, 0.4) is 0 Å². The number of benzene rings is 2. The minimum Gasteiger partial charge on any atom is -0.385 e. The third-order valence-corrected chi connectivity index (χ3v) is 7.64. The van der Waals surface area contributed by atoms with E-state index in [0.29, 0.717) is 34.9 Å². The first kappa shape index (κ1) is 23.7. The Morgan fingerprint density at radius 1 is 1.06 bits per heavy atom. The normalized spacial score (nSPS) is 11.5. The summed E-state index contributed by atoms with van der Waals surface area (Å²) < 4.78 is 27.7. The number of sulfonamides is 1. The molecule has 2 aromatic heterocycles. The van der Waals surface area contributed by atoms with Gasteiger partial charge < -0.3 is 5.32 Å². The lowest BCUT2D eigenvalue weighted by atomic mass is 10.1. The zero-order valence-corrected chi connectivity index (χ0v) is 20.6. The van der Waals surface area contributed by atoms with E-state index in [-0.39, 0.29) is 10.5 Å². The van der Waals surface area contributed by atoms with Crippen LogP contribution in [0.25, 0.3) is 16.2 Å². The van der Waals surface area contributed by atoms with Crippen molar-refractivity contribution in [3.05, 3.63) is 81.1 Å². The molecule has 8 nitrogen and oxygen atoms in total. The van der Waals surface area contributed by atoms with Gasteiger partial charge in [0.05, 0.1) is 10.6 Å². The monoisotopic (exact) mass is 496 g/mol. The highest BCUT2D eigenvalue weighted by Gasteiger charge is 2.16. The summed E-state index contributed by atoms with van der Waals surface area (Å²) in [7, 11) is -3.87. The standard InChI is InChI=1S/C24H24N4O4S2/c1-15-4-6-18(7-5-15)22-14-33-24-26-16(2)21(23(30)28(22)24)12-13-25-19-8-10-20(11-9-19)34(31,32)27-17(3)29/h4-11,14,25H,12-13H2,1-3H3,(H,27,29). The van der Waals surface area contributed by atoms with Crippen LogP contribution in [0.15, 0.2) is 63.6 Å². The molecule has 10 heteroatoms. The topological polar surface area (TPSA) is 110 Å². The molecule has 4 aromatic rings. The summed E-state index contributed by atoms with van der Waals surface area (Å²) in [6.45, 7) is 5.46. The molecule has 4 rings (SSSR count). The average molecular weight is 497 g/mol. The first-order valence-electron chi connectivity index (χ1n) is 10.6. The number of aryl methyl sites for hydroxylation is 2. The third kappa shape index (κ3) is 4.87. The number of thiazole rings is 1. The van der Waals surface area contributed by atoms with Gasteiger partial charge in [0.1, 0.15) is 0 Å². The minimum absolute atomic E-state index is 0.00177. The van der Waals surface area contributed by atoms with Crippen LogP contribution >= 0.6 is 11.3 Å². The van der Waals surface area contributed by atoms with Crippen molar-refractivity contribution in [2.45, 2.75) is 32.1 Å². The lowest BCUT2D eigenvalue weighted by Gasteiger charge is -2.10. The number of amides is 1. The van der Waals surface area contributed by atoms with E-state index in [9.17, 15) is 18.0 Å². The maximum Gasteiger partial charge on any atom is 0.264 e. The van der Waals surface area contributed by atoms with Gasteiger partial charge in [-0.3, -0.25) is 14.0 Å². The van der Waals surface area contributed by atoms with E-state index in [0.717, 1.165) is 23.7 Å². The number of nitrogens with one attached hydrogen (secondary N) is 2. The van der Waals surface area contributed by atoms with E-state index in [1.807, 2.05) is 48.2 Å². The van der Waals surface area contributed by atoms with E-state index in [4.69, 9.17) is 0 Å². The van der Waals surface area contributed by atoms with Crippen molar-refractivity contribution in [3.63, 3.8) is 0 Å². The summed E-state index contributed by atoms with van der Waals surface area (Å²) in [5.41, 5.74) is 4.87. The lowest BCUT2D eigenvalue weighted by molar-refractivity contribution is -0.117. The number of carbonyl (C=O) groups excluding carboxylic acids is 1. The highest BCUT2D eigenvalue weighted by Crippen LogP contribution is 2.25. The molecule has 0 saturated heterocycles. The molecule has 1 amide bonds. The van der Waals surface area contributed by atoms with Gasteiger partial charge in [-0.2, -0.15) is 0 Å². The van der Waals surface area contributed by atoms with Crippen molar-refractivity contribution < 1.29 is 13.2 Å². The average Bonchev–Trinajstić information content (AvgIpc) is 3.20. The highest BCUT2D eigenvalue weighted by molar-refractivity contribution is 7.90. The third-order valence-electron chi connectivity index (χ3n) is 5.36. The van der Waals surface area contributed by atoms with Crippen LogP contribution in [0.1, 0.15) is 23.7 Å². The number of nitrogens with zero attached hydrogens (tertiary/aromatic N) is 2. The Hall–Kier alpha value is -3.50. The summed E-state index contributed by atoms with van der Waals surface area (Å²) >= 11 is 1.44. The van der Waals surface area contributed by atoms with Crippen molar-refractivity contribution in [2.75, 3.05) is 11.9 Å². The fraction of sp³-hybridized carbons (Fsp3) is 0.208. The van der Waals surface area contributed by atoms with Crippen molar-refractivity contribution in [1.82, 2.24) is 14.1 Å². The summed E-state index contributed by atoms with van der Waals surface area (Å²) in [6.07, 6.45) is 0.454. The lowest BCUT2D eigenvalue weighted by Crippen LogP contribution is -2.28. The molecule has 0 spiro atoms. The molecule has 0 radical (unpaired) electrons. The van der Waals surface area contributed by atoms with Gasteiger partial charge in [0, 0.05) is 35.8 Å². The van der Waals surface area contributed by atoms with E-state index in [1.165, 1.54) is 23.5 Å². The first-order chi connectivity index (χ1) is 16.2. The fourth-order valence-corrected chi connectivity index (χ4v) is 5.56. The van der Waals surface area contributed by atoms with Gasteiger partial charge in [-0.15, -0.1) is 11.3 Å². The second kappa shape index (κ2) is 9.40. The zero-order chi connectivity index (χ0) is 24.5. The first-order valence-corrected chi connectivity index (χ1v) is 13.0. The van der Waals surface area contributed by atoms with Crippen molar-refractivity contribution in [2.24, 2.45) is 0 Å². The molecular weight excluding hydrogens is 472 g/mol. The Bertz CT molecular complexity index is 1520. The molecule has 0 bridgehead atoms. The molecule has 2 aromatic carbocycles. The number of hydrogen-bond acceptors (Lipinski definition) is 7. The minimum atomic E-state index is -3.87. The summed E-state index contributed by atoms with van der Waals surface area (Å²) in [5, 5.41) is 5.16. The number of hydrogen-bond donors (Lipinski definition) is 2. The van der Waals surface area contributed by atoms with Crippen LogP contribution in [-0.4, -0.2) is 30.3 Å². The second-order valence-electron chi connectivity index (χ2n) is 7.95. The Morgan fingerprint density at radius 3 is 2.38 bits per heavy atom. The van der Waals surface area contributed by atoms with Gasteiger partial charge in [-0.1, -0.05) is 29.8 Å². The van der Waals surface area contributed by atoms with Crippen LogP contribution in [0.4, 0.5) is 5.69 Å². The van der Waals surface area contributed by atoms with Gasteiger partial charge in [-0.05, 0) is 50.1 Å². The van der Waals surface area contributed by atoms with Gasteiger partial charge in [0.25, 0.3) is 15.6 Å². The van der Waals surface area contributed by atoms with Crippen LogP contribution < -0.4 is 15.6 Å². The zero-order valence-electron chi connectivity index (χ0n) is 19.0. The van der Waals surface area contributed by atoms with E-state index < -0.39 is 15.9 Å². The van der Waals surface area contributed by atoms with Crippen LogP contribution in [0.2, 0.25) is 0 Å². The molecular formula is C24H24N4O4S2. The summed E-state index contributed by atoms with van der Waals surface area (Å²) in [5.74, 6) is -0.648. The summed E-state index contributed by atoms with van der Waals surface area (Å²) in [6, 6.07) is 14.1. The van der Waals surface area contributed by atoms with E-state index in [1.54, 1.807) is 16.5 Å². The van der Waals surface area contributed by atoms with Crippen LogP contribution in [-0.2, 0) is 21.2 Å². The highest BCUT2D eigenvalue weighted by atomic mass is 32.2.